The van der Waals surface area contributed by atoms with Crippen molar-refractivity contribution in [1.29, 1.82) is 5.41 Å². The zero-order valence-electron chi connectivity index (χ0n) is 18.0. The number of hydrogen-bond donors (Lipinski definition) is 1. The zero-order chi connectivity index (χ0) is 21.8. The summed E-state index contributed by atoms with van der Waals surface area (Å²) in [6.45, 7) is 7.25. The van der Waals surface area contributed by atoms with E-state index in [0.29, 0.717) is 15.9 Å². The number of likely N-dealkylation sites (tertiary alicyclic amines) is 1. The number of aryl methyl sites for hydroxylation is 1. The molecule has 3 rings (SSSR count). The Bertz CT molecular complexity index is 907. The van der Waals surface area contributed by atoms with Gasteiger partial charge in [-0.3, -0.25) is 15.2 Å². The fourth-order valence-corrected chi connectivity index (χ4v) is 3.89. The minimum absolute atomic E-state index is 0.178. The number of rotatable bonds is 5. The van der Waals surface area contributed by atoms with Crippen LogP contribution in [-0.4, -0.2) is 55.7 Å². The summed E-state index contributed by atoms with van der Waals surface area (Å²) in [4.78, 5) is 10.5. The minimum Gasteiger partial charge on any atom is -0.489 e. The monoisotopic (exact) mass is 449 g/mol. The van der Waals surface area contributed by atoms with Crippen LogP contribution in [0.3, 0.4) is 0 Å². The molecule has 2 heterocycles. The Labute approximate surface area is 188 Å². The summed E-state index contributed by atoms with van der Waals surface area (Å²) in [5, 5.41) is 9.57. The maximum Gasteiger partial charge on any atom is 0.203 e. The number of halogens is 2. The Kier molecular flexibility index (Phi) is 7.45. The normalized spacial score (nSPS) is 16.9. The van der Waals surface area contributed by atoms with E-state index in [1.807, 2.05) is 39.2 Å². The molecule has 0 bridgehead atoms. The molecule has 162 valence electrons. The number of hydrogen-bond acceptors (Lipinski definition) is 4. The van der Waals surface area contributed by atoms with Gasteiger partial charge in [0.2, 0.25) is 5.96 Å². The number of pyridine rings is 1. The lowest BCUT2D eigenvalue weighted by Crippen LogP contribution is -2.41. The van der Waals surface area contributed by atoms with Crippen LogP contribution >= 0.6 is 23.2 Å². The molecule has 1 aromatic heterocycles. The van der Waals surface area contributed by atoms with Crippen LogP contribution in [0.5, 0.6) is 5.75 Å². The highest BCUT2D eigenvalue weighted by atomic mass is 35.5. The van der Waals surface area contributed by atoms with E-state index >= 15 is 0 Å². The molecular weight excluding hydrogens is 421 g/mol. The van der Waals surface area contributed by atoms with Gasteiger partial charge in [-0.1, -0.05) is 30.1 Å². The molecule has 8 heteroatoms. The Balaban J connectivity index is 1.75. The van der Waals surface area contributed by atoms with Gasteiger partial charge in [-0.15, -0.1) is 0 Å². The standard InChI is InChI=1S/C22H29Cl2N5O/c1-5-29-10-6-7-17(14-29)30-18-11-15(2)26-21(13-18)28(4)22(25)27(3)16-8-9-19(23)20(24)12-16/h8-9,11-13,17,25H,5-7,10,14H2,1-4H3. The molecule has 1 unspecified atom stereocenters. The van der Waals surface area contributed by atoms with Crippen LogP contribution in [0.1, 0.15) is 25.5 Å². The Morgan fingerprint density at radius 3 is 2.67 bits per heavy atom. The van der Waals surface area contributed by atoms with Gasteiger partial charge in [0.1, 0.15) is 17.7 Å². The summed E-state index contributed by atoms with van der Waals surface area (Å²) >= 11 is 12.2. The molecule has 0 radical (unpaired) electrons. The quantitative estimate of drug-likeness (QED) is 0.510. The molecule has 1 atom stereocenters. The summed E-state index contributed by atoms with van der Waals surface area (Å²) in [6.07, 6.45) is 2.38. The van der Waals surface area contributed by atoms with Crippen molar-refractivity contribution in [2.75, 3.05) is 43.5 Å². The van der Waals surface area contributed by atoms with Crippen LogP contribution < -0.4 is 14.5 Å². The van der Waals surface area contributed by atoms with E-state index in [2.05, 4.69) is 16.8 Å². The summed E-state index contributed by atoms with van der Waals surface area (Å²) < 4.78 is 6.29. The van der Waals surface area contributed by atoms with E-state index in [1.165, 1.54) is 0 Å². The molecule has 0 spiro atoms. The maximum absolute atomic E-state index is 8.63. The second-order valence-corrected chi connectivity index (χ2v) is 8.43. The highest BCUT2D eigenvalue weighted by Crippen LogP contribution is 2.28. The molecule has 1 fully saturated rings. The van der Waals surface area contributed by atoms with Crippen LogP contribution in [0, 0.1) is 12.3 Å². The molecule has 1 N–H and O–H groups in total. The highest BCUT2D eigenvalue weighted by molar-refractivity contribution is 6.42. The molecule has 0 aliphatic carbocycles. The van der Waals surface area contributed by atoms with Gasteiger partial charge in [0.25, 0.3) is 0 Å². The highest BCUT2D eigenvalue weighted by Gasteiger charge is 2.21. The predicted octanol–water partition coefficient (Wildman–Crippen LogP) is 5.07. The number of nitrogens with zero attached hydrogens (tertiary/aromatic N) is 4. The van der Waals surface area contributed by atoms with Crippen molar-refractivity contribution in [1.82, 2.24) is 9.88 Å². The Morgan fingerprint density at radius 1 is 1.20 bits per heavy atom. The van der Waals surface area contributed by atoms with E-state index in [1.54, 1.807) is 21.9 Å². The number of benzene rings is 1. The molecule has 1 aromatic carbocycles. The molecule has 30 heavy (non-hydrogen) atoms. The molecular formula is C22H29Cl2N5O. The van der Waals surface area contributed by atoms with Crippen LogP contribution in [0.4, 0.5) is 11.5 Å². The second kappa shape index (κ2) is 9.86. The van der Waals surface area contributed by atoms with Crippen molar-refractivity contribution >= 4 is 40.7 Å². The maximum atomic E-state index is 8.63. The molecule has 6 nitrogen and oxygen atoms in total. The van der Waals surface area contributed by atoms with Crippen molar-refractivity contribution in [2.45, 2.75) is 32.8 Å². The van der Waals surface area contributed by atoms with Gasteiger partial charge in [0, 0.05) is 44.2 Å². The van der Waals surface area contributed by atoms with Crippen molar-refractivity contribution < 1.29 is 4.74 Å². The first-order valence-electron chi connectivity index (χ1n) is 10.2. The predicted molar refractivity (Wildman–Crippen MR) is 126 cm³/mol. The Hall–Kier alpha value is -2.02. The van der Waals surface area contributed by atoms with Crippen molar-refractivity contribution in [2.24, 2.45) is 0 Å². The first-order valence-corrected chi connectivity index (χ1v) is 10.9. The number of aromatic nitrogens is 1. The lowest BCUT2D eigenvalue weighted by Gasteiger charge is -2.32. The van der Waals surface area contributed by atoms with Crippen LogP contribution in [0.2, 0.25) is 10.0 Å². The smallest absolute Gasteiger partial charge is 0.203 e. The summed E-state index contributed by atoms with van der Waals surface area (Å²) in [5.74, 6) is 1.70. The summed E-state index contributed by atoms with van der Waals surface area (Å²) in [7, 11) is 3.63. The van der Waals surface area contributed by atoms with E-state index < -0.39 is 0 Å². The molecule has 0 saturated carbocycles. The third-order valence-corrected chi connectivity index (χ3v) is 6.13. The molecule has 1 aliphatic heterocycles. The second-order valence-electron chi connectivity index (χ2n) is 7.62. The van der Waals surface area contributed by atoms with Crippen molar-refractivity contribution in [3.8, 4) is 5.75 Å². The lowest BCUT2D eigenvalue weighted by atomic mass is 10.1. The van der Waals surface area contributed by atoms with Gasteiger partial charge in [-0.2, -0.15) is 0 Å². The summed E-state index contributed by atoms with van der Waals surface area (Å²) in [5.41, 5.74) is 1.62. The number of guanidine groups is 1. The van der Waals surface area contributed by atoms with Gasteiger partial charge in [0.15, 0.2) is 0 Å². The average Bonchev–Trinajstić information content (AvgIpc) is 2.73. The van der Waals surface area contributed by atoms with Gasteiger partial charge < -0.3 is 9.64 Å². The van der Waals surface area contributed by atoms with E-state index in [-0.39, 0.29) is 12.1 Å². The summed E-state index contributed by atoms with van der Waals surface area (Å²) in [6, 6.07) is 9.15. The fourth-order valence-electron chi connectivity index (χ4n) is 3.60. The molecule has 1 aliphatic rings. The molecule has 1 saturated heterocycles. The van der Waals surface area contributed by atoms with E-state index in [9.17, 15) is 0 Å². The van der Waals surface area contributed by atoms with Crippen molar-refractivity contribution in [3.05, 3.63) is 46.1 Å². The van der Waals surface area contributed by atoms with Gasteiger partial charge in [-0.25, -0.2) is 4.98 Å². The topological polar surface area (TPSA) is 55.7 Å². The fraction of sp³-hybridized carbons (Fsp3) is 0.455. The number of nitrogens with one attached hydrogen (secondary N) is 1. The SMILES string of the molecule is CCN1CCCC(Oc2cc(C)nc(N(C)C(=N)N(C)c3ccc(Cl)c(Cl)c3)c2)C1. The van der Waals surface area contributed by atoms with Crippen molar-refractivity contribution in [3.63, 3.8) is 0 Å². The first kappa shape index (κ1) is 22.7. The van der Waals surface area contributed by atoms with Crippen LogP contribution in [-0.2, 0) is 0 Å². The van der Waals surface area contributed by atoms with Gasteiger partial charge in [0.05, 0.1) is 10.0 Å². The van der Waals surface area contributed by atoms with E-state index in [4.69, 9.17) is 33.3 Å². The number of ether oxygens (including phenoxy) is 1. The number of likely N-dealkylation sites (N-methyl/N-ethyl adjacent to an activating group) is 1. The van der Waals surface area contributed by atoms with Gasteiger partial charge >= 0.3 is 0 Å². The number of anilines is 2. The molecule has 2 aromatic rings. The lowest BCUT2D eigenvalue weighted by molar-refractivity contribution is 0.0919. The number of piperidine rings is 1. The van der Waals surface area contributed by atoms with E-state index in [0.717, 1.165) is 49.6 Å². The largest absolute Gasteiger partial charge is 0.489 e. The van der Waals surface area contributed by atoms with Gasteiger partial charge in [-0.05, 0) is 51.1 Å². The third kappa shape index (κ3) is 5.36. The van der Waals surface area contributed by atoms with Crippen LogP contribution in [0.15, 0.2) is 30.3 Å². The third-order valence-electron chi connectivity index (χ3n) is 5.40. The Morgan fingerprint density at radius 2 is 1.97 bits per heavy atom. The first-order chi connectivity index (χ1) is 14.3. The minimum atomic E-state index is 0.178. The molecule has 0 amide bonds. The van der Waals surface area contributed by atoms with Crippen LogP contribution in [0.25, 0.3) is 0 Å². The average molecular weight is 450 g/mol. The zero-order valence-corrected chi connectivity index (χ0v) is 19.5.